The monoisotopic (exact) mass is 210 g/mol. The molecule has 1 saturated heterocycles. The number of carbonyl (C=O) groups excluding carboxylic acids is 1. The van der Waals surface area contributed by atoms with E-state index in [1.165, 1.54) is 32.1 Å². The molecule has 0 aromatic rings. The van der Waals surface area contributed by atoms with Gasteiger partial charge in [-0.15, -0.1) is 0 Å². The summed E-state index contributed by atoms with van der Waals surface area (Å²) in [5.41, 5.74) is 0. The van der Waals surface area contributed by atoms with Crippen molar-refractivity contribution in [3.05, 3.63) is 0 Å². The van der Waals surface area contributed by atoms with E-state index in [2.05, 4.69) is 17.1 Å². The van der Waals surface area contributed by atoms with Gasteiger partial charge in [-0.2, -0.15) is 0 Å². The van der Waals surface area contributed by atoms with E-state index in [1.807, 2.05) is 0 Å². The Balaban J connectivity index is 1.86. The summed E-state index contributed by atoms with van der Waals surface area (Å²) in [7, 11) is 0. The van der Waals surface area contributed by atoms with Crippen LogP contribution in [0.1, 0.15) is 39.0 Å². The summed E-state index contributed by atoms with van der Waals surface area (Å²) in [6.45, 7) is 4.72. The summed E-state index contributed by atoms with van der Waals surface area (Å²) in [5, 5.41) is 3.13. The minimum absolute atomic E-state index is 0.307. The smallest absolute Gasteiger partial charge is 0.236 e. The first-order valence-electron chi connectivity index (χ1n) is 6.31. The van der Waals surface area contributed by atoms with Gasteiger partial charge in [0.1, 0.15) is 0 Å². The molecular formula is C12H22N2O. The first kappa shape index (κ1) is 10.9. The molecule has 1 N–H and O–H groups in total. The van der Waals surface area contributed by atoms with Crippen molar-refractivity contribution in [3.63, 3.8) is 0 Å². The third-order valence-corrected chi connectivity index (χ3v) is 3.96. The third kappa shape index (κ3) is 2.51. The molecule has 1 amide bonds. The quantitative estimate of drug-likeness (QED) is 0.747. The number of nitrogens with one attached hydrogen (secondary N) is 1. The topological polar surface area (TPSA) is 32.3 Å². The molecule has 1 aliphatic carbocycles. The van der Waals surface area contributed by atoms with Crippen LogP contribution in [-0.2, 0) is 4.79 Å². The molecule has 1 saturated carbocycles. The summed E-state index contributed by atoms with van der Waals surface area (Å²) < 4.78 is 0. The highest BCUT2D eigenvalue weighted by atomic mass is 16.2. The summed E-state index contributed by atoms with van der Waals surface area (Å²) >= 11 is 0. The van der Waals surface area contributed by atoms with Gasteiger partial charge in [-0.25, -0.2) is 0 Å². The Labute approximate surface area is 92.2 Å². The Morgan fingerprint density at radius 2 is 2.07 bits per heavy atom. The Bertz CT molecular complexity index is 222. The van der Waals surface area contributed by atoms with E-state index in [4.69, 9.17) is 0 Å². The second-order valence-electron chi connectivity index (χ2n) is 4.85. The fraction of sp³-hybridized carbons (Fsp3) is 0.917. The Morgan fingerprint density at radius 3 is 2.67 bits per heavy atom. The van der Waals surface area contributed by atoms with Crippen molar-refractivity contribution in [2.75, 3.05) is 19.6 Å². The van der Waals surface area contributed by atoms with Gasteiger partial charge in [-0.3, -0.25) is 4.79 Å². The number of hydrogen-bond acceptors (Lipinski definition) is 2. The van der Waals surface area contributed by atoms with Crippen LogP contribution in [0.2, 0.25) is 0 Å². The Hall–Kier alpha value is -0.570. The van der Waals surface area contributed by atoms with Crippen LogP contribution in [0.15, 0.2) is 0 Å². The largest absolute Gasteiger partial charge is 0.337 e. The summed E-state index contributed by atoms with van der Waals surface area (Å²) in [6, 6.07) is 0.544. The van der Waals surface area contributed by atoms with Gasteiger partial charge in [0.25, 0.3) is 0 Å². The maximum atomic E-state index is 11.7. The van der Waals surface area contributed by atoms with Crippen molar-refractivity contribution in [1.29, 1.82) is 0 Å². The van der Waals surface area contributed by atoms with E-state index >= 15 is 0 Å². The van der Waals surface area contributed by atoms with Gasteiger partial charge in [0, 0.05) is 19.1 Å². The minimum atomic E-state index is 0.307. The first-order chi connectivity index (χ1) is 7.31. The lowest BCUT2D eigenvalue weighted by molar-refractivity contribution is -0.135. The van der Waals surface area contributed by atoms with Crippen molar-refractivity contribution in [1.82, 2.24) is 10.2 Å². The highest BCUT2D eigenvalue weighted by Gasteiger charge is 2.29. The molecule has 0 aromatic heterocycles. The first-order valence-corrected chi connectivity index (χ1v) is 6.31. The van der Waals surface area contributed by atoms with E-state index in [9.17, 15) is 4.79 Å². The highest BCUT2D eigenvalue weighted by molar-refractivity contribution is 5.79. The number of piperazine rings is 1. The van der Waals surface area contributed by atoms with E-state index in [0.717, 1.165) is 19.0 Å². The number of hydrogen-bond donors (Lipinski definition) is 1. The zero-order valence-electron chi connectivity index (χ0n) is 9.67. The number of nitrogens with zero attached hydrogens (tertiary/aromatic N) is 1. The SMILES string of the molecule is CCC1CCC(N2CCNCC2=O)CC1. The average molecular weight is 210 g/mol. The molecule has 3 nitrogen and oxygen atoms in total. The van der Waals surface area contributed by atoms with Gasteiger partial charge in [-0.05, 0) is 31.6 Å². The van der Waals surface area contributed by atoms with Gasteiger partial charge < -0.3 is 10.2 Å². The highest BCUT2D eigenvalue weighted by Crippen LogP contribution is 2.29. The summed E-state index contributed by atoms with van der Waals surface area (Å²) in [5.74, 6) is 1.22. The van der Waals surface area contributed by atoms with Crippen LogP contribution in [-0.4, -0.2) is 36.5 Å². The number of amides is 1. The van der Waals surface area contributed by atoms with E-state index in [-0.39, 0.29) is 0 Å². The fourth-order valence-corrected chi connectivity index (χ4v) is 2.87. The van der Waals surface area contributed by atoms with Crippen molar-refractivity contribution >= 4 is 5.91 Å². The predicted octanol–water partition coefficient (Wildman–Crippen LogP) is 1.39. The molecule has 0 unspecified atom stereocenters. The molecule has 86 valence electrons. The van der Waals surface area contributed by atoms with Crippen LogP contribution in [0.3, 0.4) is 0 Å². The van der Waals surface area contributed by atoms with Gasteiger partial charge >= 0.3 is 0 Å². The number of carbonyl (C=O) groups is 1. The van der Waals surface area contributed by atoms with Crippen LogP contribution < -0.4 is 5.32 Å². The third-order valence-electron chi connectivity index (χ3n) is 3.96. The Morgan fingerprint density at radius 1 is 1.33 bits per heavy atom. The van der Waals surface area contributed by atoms with Crippen molar-refractivity contribution < 1.29 is 4.79 Å². The molecule has 2 rings (SSSR count). The molecule has 0 spiro atoms. The molecule has 1 aliphatic heterocycles. The molecule has 1 heterocycles. The van der Waals surface area contributed by atoms with E-state index in [0.29, 0.717) is 18.5 Å². The lowest BCUT2D eigenvalue weighted by Crippen LogP contribution is -2.53. The zero-order chi connectivity index (χ0) is 10.7. The van der Waals surface area contributed by atoms with Gasteiger partial charge in [0.05, 0.1) is 6.54 Å². The Kier molecular flexibility index (Phi) is 3.62. The van der Waals surface area contributed by atoms with Crippen LogP contribution in [0, 0.1) is 5.92 Å². The molecular weight excluding hydrogens is 188 g/mol. The van der Waals surface area contributed by atoms with Crippen molar-refractivity contribution in [2.24, 2.45) is 5.92 Å². The zero-order valence-corrected chi connectivity index (χ0v) is 9.67. The van der Waals surface area contributed by atoms with E-state index in [1.54, 1.807) is 0 Å². The average Bonchev–Trinajstić information content (AvgIpc) is 2.30. The summed E-state index contributed by atoms with van der Waals surface area (Å²) in [6.07, 6.45) is 6.40. The van der Waals surface area contributed by atoms with Crippen LogP contribution in [0.5, 0.6) is 0 Å². The predicted molar refractivity (Wildman–Crippen MR) is 60.6 cm³/mol. The van der Waals surface area contributed by atoms with E-state index < -0.39 is 0 Å². The molecule has 3 heteroatoms. The van der Waals surface area contributed by atoms with Crippen LogP contribution in [0.4, 0.5) is 0 Å². The summed E-state index contributed by atoms with van der Waals surface area (Å²) in [4.78, 5) is 13.8. The standard InChI is InChI=1S/C12H22N2O/c1-2-10-3-5-11(6-4-10)14-8-7-13-9-12(14)15/h10-11,13H,2-9H2,1H3. The van der Waals surface area contributed by atoms with Gasteiger partial charge in [0.15, 0.2) is 0 Å². The molecule has 0 atom stereocenters. The second kappa shape index (κ2) is 4.97. The minimum Gasteiger partial charge on any atom is -0.337 e. The number of rotatable bonds is 2. The molecule has 2 aliphatic rings. The van der Waals surface area contributed by atoms with Gasteiger partial charge in [0.2, 0.25) is 5.91 Å². The second-order valence-corrected chi connectivity index (χ2v) is 4.85. The molecule has 15 heavy (non-hydrogen) atoms. The van der Waals surface area contributed by atoms with Crippen LogP contribution in [0.25, 0.3) is 0 Å². The molecule has 0 bridgehead atoms. The fourth-order valence-electron chi connectivity index (χ4n) is 2.87. The van der Waals surface area contributed by atoms with Crippen molar-refractivity contribution in [2.45, 2.75) is 45.1 Å². The van der Waals surface area contributed by atoms with Gasteiger partial charge in [-0.1, -0.05) is 13.3 Å². The molecule has 0 aromatic carbocycles. The molecule has 2 fully saturated rings. The maximum absolute atomic E-state index is 11.7. The lowest BCUT2D eigenvalue weighted by atomic mass is 9.84. The molecule has 0 radical (unpaired) electrons. The lowest BCUT2D eigenvalue weighted by Gasteiger charge is -2.39. The van der Waals surface area contributed by atoms with Crippen molar-refractivity contribution in [3.8, 4) is 0 Å². The van der Waals surface area contributed by atoms with Crippen LogP contribution >= 0.6 is 0 Å². The maximum Gasteiger partial charge on any atom is 0.236 e. The normalized spacial score (nSPS) is 33.1.